The second-order valence-electron chi connectivity index (χ2n) is 8.71. The highest BCUT2D eigenvalue weighted by molar-refractivity contribution is 5.85. The molecular weight excluding hydrogens is 304 g/mol. The van der Waals surface area contributed by atoms with Crippen molar-refractivity contribution in [1.29, 1.82) is 0 Å². The quantitative estimate of drug-likeness (QED) is 0.795. The average molecular weight is 334 g/mol. The van der Waals surface area contributed by atoms with Crippen molar-refractivity contribution in [2.45, 2.75) is 63.9 Å². The van der Waals surface area contributed by atoms with E-state index < -0.39 is 0 Å². The minimum absolute atomic E-state index is 0.0823. The van der Waals surface area contributed by atoms with Gasteiger partial charge in [-0.3, -0.25) is 9.59 Å². The molecule has 2 heterocycles. The molecule has 0 aromatic heterocycles. The van der Waals surface area contributed by atoms with E-state index in [0.717, 1.165) is 51.9 Å². The third-order valence-corrected chi connectivity index (χ3v) is 6.74. The van der Waals surface area contributed by atoms with Gasteiger partial charge in [0, 0.05) is 31.6 Å². The van der Waals surface area contributed by atoms with Crippen molar-refractivity contribution < 1.29 is 14.3 Å². The summed E-state index contributed by atoms with van der Waals surface area (Å²) >= 11 is 0. The van der Waals surface area contributed by atoms with Gasteiger partial charge in [-0.25, -0.2) is 0 Å². The molecule has 0 bridgehead atoms. The van der Waals surface area contributed by atoms with Crippen LogP contribution in [0.4, 0.5) is 0 Å². The Hall–Kier alpha value is -1.10. The highest BCUT2D eigenvalue weighted by atomic mass is 16.5. The van der Waals surface area contributed by atoms with Gasteiger partial charge in [-0.1, -0.05) is 13.3 Å². The minimum Gasteiger partial charge on any atom is -0.372 e. The lowest BCUT2D eigenvalue weighted by molar-refractivity contribution is -0.144. The van der Waals surface area contributed by atoms with Gasteiger partial charge in [-0.15, -0.1) is 0 Å². The molecule has 24 heavy (non-hydrogen) atoms. The van der Waals surface area contributed by atoms with Crippen LogP contribution in [0.1, 0.15) is 58.3 Å². The van der Waals surface area contributed by atoms with Crippen LogP contribution in [0.25, 0.3) is 0 Å². The van der Waals surface area contributed by atoms with Gasteiger partial charge >= 0.3 is 0 Å². The number of amides is 2. The van der Waals surface area contributed by atoms with Crippen LogP contribution in [-0.2, 0) is 14.3 Å². The first kappa shape index (κ1) is 16.4. The number of hydrogen-bond donors (Lipinski definition) is 0. The molecule has 4 rings (SSSR count). The summed E-state index contributed by atoms with van der Waals surface area (Å²) in [6.45, 7) is 5.80. The van der Waals surface area contributed by atoms with E-state index in [2.05, 4.69) is 11.8 Å². The number of carbonyl (C=O) groups is 2. The topological polar surface area (TPSA) is 49.9 Å². The van der Waals surface area contributed by atoms with Gasteiger partial charge in [0.1, 0.15) is 0 Å². The van der Waals surface area contributed by atoms with Gasteiger partial charge in [0.2, 0.25) is 11.8 Å². The van der Waals surface area contributed by atoms with E-state index in [0.29, 0.717) is 24.9 Å². The fourth-order valence-electron chi connectivity index (χ4n) is 4.35. The minimum atomic E-state index is -0.225. The van der Waals surface area contributed by atoms with Gasteiger partial charge in [0.15, 0.2) is 0 Å². The average Bonchev–Trinajstić information content (AvgIpc) is 3.30. The Morgan fingerprint density at radius 3 is 2.50 bits per heavy atom. The molecule has 0 N–H and O–H groups in total. The molecule has 1 spiro atoms. The zero-order valence-electron chi connectivity index (χ0n) is 14.9. The monoisotopic (exact) mass is 334 g/mol. The second kappa shape index (κ2) is 6.01. The number of carbonyl (C=O) groups excluding carboxylic acids is 2. The van der Waals surface area contributed by atoms with Crippen molar-refractivity contribution in [3.05, 3.63) is 0 Å². The Balaban J connectivity index is 1.39. The SMILES string of the molecule is CC1(C(=O)N2CCC3(CC2)CN(CC2CCC2)C(=O)CCO3)CC1. The lowest BCUT2D eigenvalue weighted by Gasteiger charge is -2.44. The third kappa shape index (κ3) is 3.07. The first-order valence-electron chi connectivity index (χ1n) is 9.71. The molecule has 5 nitrogen and oxygen atoms in total. The molecule has 0 unspecified atom stereocenters. The number of ether oxygens (including phenoxy) is 1. The maximum absolute atomic E-state index is 12.6. The molecule has 0 radical (unpaired) electrons. The predicted molar refractivity (Wildman–Crippen MR) is 90.4 cm³/mol. The number of likely N-dealkylation sites (tertiary alicyclic amines) is 1. The number of nitrogens with zero attached hydrogens (tertiary/aromatic N) is 2. The van der Waals surface area contributed by atoms with Crippen molar-refractivity contribution in [3.63, 3.8) is 0 Å². The lowest BCUT2D eigenvalue weighted by atomic mass is 9.84. The summed E-state index contributed by atoms with van der Waals surface area (Å²) < 4.78 is 6.19. The van der Waals surface area contributed by atoms with E-state index in [1.807, 2.05) is 4.90 Å². The number of hydrogen-bond acceptors (Lipinski definition) is 3. The first-order chi connectivity index (χ1) is 11.5. The molecule has 5 heteroatoms. The molecule has 0 aromatic rings. The summed E-state index contributed by atoms with van der Waals surface area (Å²) in [5.74, 6) is 1.27. The van der Waals surface area contributed by atoms with Crippen LogP contribution in [0.5, 0.6) is 0 Å². The Kier molecular flexibility index (Phi) is 4.10. The summed E-state index contributed by atoms with van der Waals surface area (Å²) in [6.07, 6.45) is 8.14. The predicted octanol–water partition coefficient (Wildman–Crippen LogP) is 2.20. The highest BCUT2D eigenvalue weighted by Crippen LogP contribution is 2.47. The zero-order chi connectivity index (χ0) is 16.8. The van der Waals surface area contributed by atoms with Gasteiger partial charge < -0.3 is 14.5 Å². The fourth-order valence-corrected chi connectivity index (χ4v) is 4.35. The molecule has 4 fully saturated rings. The Morgan fingerprint density at radius 1 is 1.21 bits per heavy atom. The van der Waals surface area contributed by atoms with Crippen LogP contribution >= 0.6 is 0 Å². The number of piperidine rings is 1. The molecule has 0 atom stereocenters. The van der Waals surface area contributed by atoms with E-state index in [9.17, 15) is 9.59 Å². The van der Waals surface area contributed by atoms with Crippen molar-refractivity contribution in [2.75, 3.05) is 32.8 Å². The highest BCUT2D eigenvalue weighted by Gasteiger charge is 2.49. The van der Waals surface area contributed by atoms with Crippen molar-refractivity contribution in [2.24, 2.45) is 11.3 Å². The van der Waals surface area contributed by atoms with Crippen LogP contribution in [0.3, 0.4) is 0 Å². The maximum atomic E-state index is 12.6. The van der Waals surface area contributed by atoms with E-state index >= 15 is 0 Å². The summed E-state index contributed by atoms with van der Waals surface area (Å²) in [6, 6.07) is 0. The van der Waals surface area contributed by atoms with Crippen LogP contribution in [0, 0.1) is 11.3 Å². The molecule has 2 aliphatic heterocycles. The van der Waals surface area contributed by atoms with Gasteiger partial charge in [-0.2, -0.15) is 0 Å². The normalized spacial score (nSPS) is 29.3. The van der Waals surface area contributed by atoms with Crippen LogP contribution < -0.4 is 0 Å². The summed E-state index contributed by atoms with van der Waals surface area (Å²) in [5.41, 5.74) is -0.307. The maximum Gasteiger partial charge on any atom is 0.228 e. The van der Waals surface area contributed by atoms with Crippen molar-refractivity contribution in [3.8, 4) is 0 Å². The third-order valence-electron chi connectivity index (χ3n) is 6.74. The molecule has 2 aliphatic carbocycles. The van der Waals surface area contributed by atoms with E-state index in [1.165, 1.54) is 19.3 Å². The molecule has 2 amide bonds. The van der Waals surface area contributed by atoms with E-state index in [4.69, 9.17) is 4.74 Å². The lowest BCUT2D eigenvalue weighted by Crippen LogP contribution is -2.54. The summed E-state index contributed by atoms with van der Waals surface area (Å²) in [7, 11) is 0. The number of rotatable bonds is 3. The Labute approximate surface area is 144 Å². The van der Waals surface area contributed by atoms with Crippen molar-refractivity contribution in [1.82, 2.24) is 9.80 Å². The van der Waals surface area contributed by atoms with Gasteiger partial charge in [-0.05, 0) is 44.4 Å². The van der Waals surface area contributed by atoms with Crippen LogP contribution in [-0.4, -0.2) is 60.0 Å². The molecule has 4 aliphatic rings. The molecule has 0 aromatic carbocycles. The second-order valence-corrected chi connectivity index (χ2v) is 8.71. The van der Waals surface area contributed by atoms with E-state index in [1.54, 1.807) is 0 Å². The van der Waals surface area contributed by atoms with Gasteiger partial charge in [0.25, 0.3) is 0 Å². The molecule has 2 saturated carbocycles. The molecule has 134 valence electrons. The first-order valence-corrected chi connectivity index (χ1v) is 9.71. The van der Waals surface area contributed by atoms with Crippen LogP contribution in [0.15, 0.2) is 0 Å². The Bertz CT molecular complexity index is 517. The van der Waals surface area contributed by atoms with Gasteiger partial charge in [0.05, 0.1) is 18.6 Å². The standard InChI is InChI=1S/C19H30N2O3/c1-18(6-7-18)17(23)20-10-8-19(9-11-20)14-21(13-15-3-2-4-15)16(22)5-12-24-19/h15H,2-14H2,1H3. The van der Waals surface area contributed by atoms with Crippen molar-refractivity contribution >= 4 is 11.8 Å². The summed E-state index contributed by atoms with van der Waals surface area (Å²) in [4.78, 5) is 29.1. The molecular formula is C19H30N2O3. The fraction of sp³-hybridized carbons (Fsp3) is 0.895. The largest absolute Gasteiger partial charge is 0.372 e. The smallest absolute Gasteiger partial charge is 0.228 e. The van der Waals surface area contributed by atoms with Crippen LogP contribution in [0.2, 0.25) is 0 Å². The Morgan fingerprint density at radius 2 is 1.92 bits per heavy atom. The van der Waals surface area contributed by atoms with E-state index in [-0.39, 0.29) is 16.9 Å². The summed E-state index contributed by atoms with van der Waals surface area (Å²) in [5, 5.41) is 0. The zero-order valence-corrected chi connectivity index (χ0v) is 14.9. The molecule has 2 saturated heterocycles.